The predicted octanol–water partition coefficient (Wildman–Crippen LogP) is 3.86. The van der Waals surface area contributed by atoms with Gasteiger partial charge in [-0.1, -0.05) is 23.2 Å². The highest BCUT2D eigenvalue weighted by Gasteiger charge is 2.21. The first-order valence-corrected chi connectivity index (χ1v) is 8.58. The van der Waals surface area contributed by atoms with Gasteiger partial charge in [0, 0.05) is 5.02 Å². The lowest BCUT2D eigenvalue weighted by Gasteiger charge is -2.09. The Hall–Kier alpha value is -1.28. The number of rotatable bonds is 4. The Labute approximate surface area is 135 Å². The minimum Gasteiger partial charge on any atom is -0.478 e. The highest BCUT2D eigenvalue weighted by molar-refractivity contribution is 7.94. The highest BCUT2D eigenvalue weighted by Crippen LogP contribution is 2.32. The first kappa shape index (κ1) is 16.1. The van der Waals surface area contributed by atoms with Crippen LogP contribution in [0.1, 0.15) is 15.9 Å². The zero-order valence-electron chi connectivity index (χ0n) is 10.6. The van der Waals surface area contributed by atoms with Gasteiger partial charge in [-0.15, -0.1) is 11.3 Å². The fourth-order valence-electron chi connectivity index (χ4n) is 1.55. The van der Waals surface area contributed by atoms with Crippen LogP contribution in [0.25, 0.3) is 0 Å². The Morgan fingerprint density at radius 1 is 1.29 bits per heavy atom. The fraction of sp³-hybridized carbons (Fsp3) is 0.0833. The van der Waals surface area contributed by atoms with Gasteiger partial charge < -0.3 is 5.11 Å². The molecule has 0 spiro atoms. The molecular formula is C12H9Cl2NO4S2. The first-order valence-electron chi connectivity index (χ1n) is 5.52. The second-order valence-electron chi connectivity index (χ2n) is 4.12. The Balaban J connectivity index is 2.45. The number of halogens is 2. The van der Waals surface area contributed by atoms with E-state index >= 15 is 0 Å². The number of anilines is 1. The lowest BCUT2D eigenvalue weighted by atomic mass is 10.2. The van der Waals surface area contributed by atoms with Crippen LogP contribution in [-0.4, -0.2) is 19.5 Å². The summed E-state index contributed by atoms with van der Waals surface area (Å²) >= 11 is 12.5. The number of carbonyl (C=O) groups is 1. The molecule has 2 N–H and O–H groups in total. The fourth-order valence-corrected chi connectivity index (χ4v) is 4.50. The second-order valence-corrected chi connectivity index (χ2v) is 8.12. The smallest absolute Gasteiger partial charge is 0.337 e. The molecule has 21 heavy (non-hydrogen) atoms. The van der Waals surface area contributed by atoms with Gasteiger partial charge in [0.05, 0.1) is 15.6 Å². The number of benzene rings is 1. The molecule has 0 bridgehead atoms. The van der Waals surface area contributed by atoms with Gasteiger partial charge in [0.2, 0.25) is 0 Å². The van der Waals surface area contributed by atoms with Crippen molar-refractivity contribution in [1.29, 1.82) is 0 Å². The van der Waals surface area contributed by atoms with Gasteiger partial charge in [0.25, 0.3) is 10.0 Å². The van der Waals surface area contributed by atoms with Crippen LogP contribution in [-0.2, 0) is 10.0 Å². The molecule has 0 unspecified atom stereocenters. The molecule has 1 aromatic heterocycles. The SMILES string of the molecule is Cc1cc(S(=O)(=O)Nc2cc(Cl)ccc2C(=O)O)sc1Cl. The van der Waals surface area contributed by atoms with Crippen LogP contribution in [0.5, 0.6) is 0 Å². The van der Waals surface area contributed by atoms with Crippen molar-refractivity contribution in [3.05, 3.63) is 44.8 Å². The molecule has 2 rings (SSSR count). The van der Waals surface area contributed by atoms with Gasteiger partial charge in [0.15, 0.2) is 0 Å². The first-order chi connectivity index (χ1) is 9.70. The highest BCUT2D eigenvalue weighted by atomic mass is 35.5. The van der Waals surface area contributed by atoms with Gasteiger partial charge in [-0.25, -0.2) is 13.2 Å². The number of nitrogens with one attached hydrogen (secondary N) is 1. The van der Waals surface area contributed by atoms with Crippen molar-refractivity contribution in [3.63, 3.8) is 0 Å². The van der Waals surface area contributed by atoms with E-state index in [1.165, 1.54) is 24.3 Å². The quantitative estimate of drug-likeness (QED) is 0.861. The number of aromatic carboxylic acids is 1. The zero-order chi connectivity index (χ0) is 15.8. The normalized spacial score (nSPS) is 11.4. The van der Waals surface area contributed by atoms with Crippen molar-refractivity contribution < 1.29 is 18.3 Å². The maximum atomic E-state index is 12.3. The van der Waals surface area contributed by atoms with E-state index in [4.69, 9.17) is 28.3 Å². The van der Waals surface area contributed by atoms with Crippen LogP contribution < -0.4 is 4.72 Å². The van der Waals surface area contributed by atoms with Gasteiger partial charge >= 0.3 is 5.97 Å². The van der Waals surface area contributed by atoms with Crippen LogP contribution in [0.15, 0.2) is 28.5 Å². The Morgan fingerprint density at radius 2 is 1.95 bits per heavy atom. The molecule has 5 nitrogen and oxygen atoms in total. The van der Waals surface area contributed by atoms with Crippen molar-refractivity contribution in [2.24, 2.45) is 0 Å². The van der Waals surface area contributed by atoms with Crippen LogP contribution in [0.2, 0.25) is 9.36 Å². The minimum atomic E-state index is -3.93. The third-order valence-corrected chi connectivity index (χ3v) is 6.19. The summed E-state index contributed by atoms with van der Waals surface area (Å²) in [4.78, 5) is 11.1. The van der Waals surface area contributed by atoms with Gasteiger partial charge in [0.1, 0.15) is 4.21 Å². The molecule has 0 radical (unpaired) electrons. The summed E-state index contributed by atoms with van der Waals surface area (Å²) in [6, 6.07) is 5.26. The third-order valence-electron chi connectivity index (χ3n) is 2.56. The summed E-state index contributed by atoms with van der Waals surface area (Å²) in [7, 11) is -3.93. The van der Waals surface area contributed by atoms with E-state index in [2.05, 4.69) is 4.72 Å². The van der Waals surface area contributed by atoms with E-state index in [9.17, 15) is 13.2 Å². The standard InChI is InChI=1S/C12H9Cl2NO4S2/c1-6-4-10(20-11(6)14)21(18,19)15-9-5-7(13)2-3-8(9)12(16)17/h2-5,15H,1H3,(H,16,17). The van der Waals surface area contributed by atoms with Crippen molar-refractivity contribution >= 4 is 56.2 Å². The number of carboxylic acid groups (broad SMARTS) is 1. The maximum Gasteiger partial charge on any atom is 0.337 e. The zero-order valence-corrected chi connectivity index (χ0v) is 13.7. The number of hydrogen-bond donors (Lipinski definition) is 2. The van der Waals surface area contributed by atoms with E-state index in [0.717, 1.165) is 11.3 Å². The molecule has 1 aromatic carbocycles. The maximum absolute atomic E-state index is 12.3. The molecular weight excluding hydrogens is 357 g/mol. The second kappa shape index (κ2) is 5.84. The molecule has 0 amide bonds. The molecule has 0 atom stereocenters. The molecule has 0 fully saturated rings. The van der Waals surface area contributed by atoms with E-state index in [0.29, 0.717) is 9.90 Å². The lowest BCUT2D eigenvalue weighted by Crippen LogP contribution is -2.14. The molecule has 0 saturated carbocycles. The van der Waals surface area contributed by atoms with Crippen LogP contribution in [0.3, 0.4) is 0 Å². The van der Waals surface area contributed by atoms with Crippen molar-refractivity contribution in [3.8, 4) is 0 Å². The van der Waals surface area contributed by atoms with Crippen molar-refractivity contribution in [2.75, 3.05) is 4.72 Å². The summed E-state index contributed by atoms with van der Waals surface area (Å²) in [6.07, 6.45) is 0. The van der Waals surface area contributed by atoms with Gasteiger partial charge in [-0.05, 0) is 36.8 Å². The Kier molecular flexibility index (Phi) is 4.48. The van der Waals surface area contributed by atoms with E-state index < -0.39 is 16.0 Å². The van der Waals surface area contributed by atoms with E-state index in [1.54, 1.807) is 6.92 Å². The summed E-state index contributed by atoms with van der Waals surface area (Å²) in [6.45, 7) is 1.68. The summed E-state index contributed by atoms with van der Waals surface area (Å²) in [5.41, 5.74) is 0.339. The number of sulfonamides is 1. The number of thiophene rings is 1. The monoisotopic (exact) mass is 365 g/mol. The third kappa shape index (κ3) is 3.49. The summed E-state index contributed by atoms with van der Waals surface area (Å²) < 4.78 is 27.1. The van der Waals surface area contributed by atoms with E-state index in [1.807, 2.05) is 0 Å². The van der Waals surface area contributed by atoms with Crippen molar-refractivity contribution in [2.45, 2.75) is 11.1 Å². The lowest BCUT2D eigenvalue weighted by molar-refractivity contribution is 0.0698. The minimum absolute atomic E-state index is 0.00122. The van der Waals surface area contributed by atoms with Crippen LogP contribution in [0, 0.1) is 6.92 Å². The van der Waals surface area contributed by atoms with Crippen molar-refractivity contribution in [1.82, 2.24) is 0 Å². The molecule has 112 valence electrons. The average Bonchev–Trinajstić information content (AvgIpc) is 2.69. The topological polar surface area (TPSA) is 83.5 Å². The molecule has 0 aliphatic carbocycles. The predicted molar refractivity (Wildman–Crippen MR) is 83.3 cm³/mol. The van der Waals surface area contributed by atoms with Gasteiger partial charge in [-0.3, -0.25) is 4.72 Å². The number of aryl methyl sites for hydroxylation is 1. The van der Waals surface area contributed by atoms with E-state index in [-0.39, 0.29) is 20.5 Å². The average molecular weight is 366 g/mol. The molecule has 0 aliphatic rings. The van der Waals surface area contributed by atoms with Crippen LogP contribution >= 0.6 is 34.5 Å². The van der Waals surface area contributed by atoms with Gasteiger partial charge in [-0.2, -0.15) is 0 Å². The Morgan fingerprint density at radius 3 is 2.48 bits per heavy atom. The largest absolute Gasteiger partial charge is 0.478 e. The molecule has 0 saturated heterocycles. The summed E-state index contributed by atoms with van der Waals surface area (Å²) in [5, 5.41) is 9.30. The summed E-state index contributed by atoms with van der Waals surface area (Å²) in [5.74, 6) is -1.26. The molecule has 2 aromatic rings. The van der Waals surface area contributed by atoms with Crippen LogP contribution in [0.4, 0.5) is 5.69 Å². The molecule has 1 heterocycles. The number of carboxylic acids is 1. The number of hydrogen-bond acceptors (Lipinski definition) is 4. The Bertz CT molecular complexity index is 795. The molecule has 9 heteroatoms. The molecule has 0 aliphatic heterocycles.